The van der Waals surface area contributed by atoms with E-state index in [1.807, 2.05) is 4.90 Å². The van der Waals surface area contributed by atoms with E-state index in [9.17, 15) is 32.7 Å². The van der Waals surface area contributed by atoms with Gasteiger partial charge in [0, 0.05) is 58.1 Å². The van der Waals surface area contributed by atoms with Gasteiger partial charge in [0.25, 0.3) is 0 Å². The van der Waals surface area contributed by atoms with Crippen LogP contribution < -0.4 is 22.5 Å². The molecule has 2 aliphatic heterocycles. The third-order valence-electron chi connectivity index (χ3n) is 8.12. The maximum Gasteiger partial charge on any atom is 0.416 e. The van der Waals surface area contributed by atoms with Crippen LogP contribution in [0.25, 0.3) is 5.69 Å². The second kappa shape index (κ2) is 10.7. The number of carbonyl (C=O) groups is 2. The van der Waals surface area contributed by atoms with Gasteiger partial charge in [-0.05, 0) is 42.5 Å². The number of fused-ring (bicyclic) bond motifs is 1. The van der Waals surface area contributed by atoms with Gasteiger partial charge < -0.3 is 26.4 Å². The van der Waals surface area contributed by atoms with E-state index in [4.69, 9.17) is 11.5 Å². The molecule has 1 unspecified atom stereocenters. The van der Waals surface area contributed by atoms with Crippen LogP contribution in [0.1, 0.15) is 18.1 Å². The van der Waals surface area contributed by atoms with Crippen LogP contribution in [0.4, 0.5) is 23.8 Å². The summed E-state index contributed by atoms with van der Waals surface area (Å²) in [4.78, 5) is 46.5. The monoisotopic (exact) mass is 578 g/mol. The first-order valence-corrected chi connectivity index (χ1v) is 13.3. The molecule has 5 rings (SSSR count). The van der Waals surface area contributed by atoms with Gasteiger partial charge in [0.05, 0.1) is 17.9 Å². The third kappa shape index (κ3) is 5.93. The maximum absolute atomic E-state index is 14.0. The standard InChI is InChI=1S/C26H33F3N8O4/c1-25(31,14-38)22(39)35-6-8-36(9-7-35)23(40)32-20-4-5-37(24(41)33-20)16-3-2-15(19(10-16)26(27,28)29)11-34-12-17-18(13-34)21(17)30/h2-5,10,17-18,21,38H,6-9,11-14,30-31H2,1H3,(H,32,33,40,41)/t17-,18+,21?,25-/m0/s1. The molecule has 3 aliphatic rings. The Labute approximate surface area is 233 Å². The van der Waals surface area contributed by atoms with Gasteiger partial charge in [-0.25, -0.2) is 9.59 Å². The summed E-state index contributed by atoms with van der Waals surface area (Å²) in [5.41, 5.74) is 8.76. The topological polar surface area (TPSA) is 163 Å². The molecule has 3 amide bonds. The molecule has 1 saturated carbocycles. The van der Waals surface area contributed by atoms with Gasteiger partial charge in [-0.1, -0.05) is 6.07 Å². The molecule has 0 bridgehead atoms. The van der Waals surface area contributed by atoms with Crippen LogP contribution in [-0.4, -0.2) is 98.8 Å². The molecule has 222 valence electrons. The largest absolute Gasteiger partial charge is 0.416 e. The third-order valence-corrected chi connectivity index (χ3v) is 8.12. The molecule has 12 nitrogen and oxygen atoms in total. The molecule has 1 aromatic carbocycles. The Morgan fingerprint density at radius 3 is 2.32 bits per heavy atom. The molecule has 1 aromatic heterocycles. The second-order valence-corrected chi connectivity index (χ2v) is 11.2. The molecule has 3 fully saturated rings. The lowest BCUT2D eigenvalue weighted by Gasteiger charge is -2.37. The summed E-state index contributed by atoms with van der Waals surface area (Å²) >= 11 is 0. The number of alkyl halides is 3. The van der Waals surface area contributed by atoms with E-state index in [1.165, 1.54) is 41.1 Å². The quantitative estimate of drug-likeness (QED) is 0.373. The number of halogens is 3. The predicted octanol–water partition coefficient (Wildman–Crippen LogP) is 0.0260. The van der Waals surface area contributed by atoms with Gasteiger partial charge in [-0.3, -0.25) is 19.6 Å². The van der Waals surface area contributed by atoms with Crippen molar-refractivity contribution in [1.82, 2.24) is 24.3 Å². The first-order valence-electron chi connectivity index (χ1n) is 13.3. The summed E-state index contributed by atoms with van der Waals surface area (Å²) in [5.74, 6) is 0.202. The minimum absolute atomic E-state index is 0.00156. The van der Waals surface area contributed by atoms with Gasteiger partial charge in [-0.15, -0.1) is 0 Å². The van der Waals surface area contributed by atoms with Crippen molar-refractivity contribution < 1.29 is 27.9 Å². The van der Waals surface area contributed by atoms with Gasteiger partial charge in [-0.2, -0.15) is 18.2 Å². The minimum Gasteiger partial charge on any atom is -0.394 e. The van der Waals surface area contributed by atoms with Gasteiger partial charge in [0.2, 0.25) is 5.91 Å². The number of aliphatic hydroxyl groups excluding tert-OH is 1. The Bertz CT molecular complexity index is 1380. The van der Waals surface area contributed by atoms with E-state index in [-0.39, 0.29) is 55.8 Å². The van der Waals surface area contributed by atoms with Gasteiger partial charge in [0.15, 0.2) is 0 Å². The number of aliphatic hydroxyl groups is 1. The molecule has 4 atom stereocenters. The van der Waals surface area contributed by atoms with Crippen LogP contribution >= 0.6 is 0 Å². The summed E-state index contributed by atoms with van der Waals surface area (Å²) in [5, 5.41) is 11.8. The molecule has 0 spiro atoms. The molecule has 6 N–H and O–H groups in total. The number of piperazine rings is 1. The summed E-state index contributed by atoms with van der Waals surface area (Å²) in [6, 6.07) is 4.66. The molecule has 15 heteroatoms. The number of urea groups is 1. The average molecular weight is 579 g/mol. The summed E-state index contributed by atoms with van der Waals surface area (Å²) in [6.45, 7) is 3.19. The Kier molecular flexibility index (Phi) is 7.57. The van der Waals surface area contributed by atoms with Crippen molar-refractivity contribution in [3.8, 4) is 5.69 Å². The summed E-state index contributed by atoms with van der Waals surface area (Å²) < 4.78 is 42.9. The van der Waals surface area contributed by atoms with Crippen molar-refractivity contribution in [3.63, 3.8) is 0 Å². The number of likely N-dealkylation sites (tertiary alicyclic amines) is 1. The molecular weight excluding hydrogens is 545 g/mol. The van der Waals surface area contributed by atoms with Crippen molar-refractivity contribution >= 4 is 17.8 Å². The number of benzene rings is 1. The molecule has 3 heterocycles. The first-order chi connectivity index (χ1) is 19.3. The lowest BCUT2D eigenvalue weighted by Crippen LogP contribution is -2.60. The number of hydrogen-bond donors (Lipinski definition) is 4. The highest BCUT2D eigenvalue weighted by Crippen LogP contribution is 2.44. The number of piperidine rings is 1. The number of carbonyl (C=O) groups excluding carboxylic acids is 2. The number of rotatable bonds is 6. The van der Waals surface area contributed by atoms with Crippen molar-refractivity contribution in [1.29, 1.82) is 0 Å². The predicted molar refractivity (Wildman–Crippen MR) is 142 cm³/mol. The van der Waals surface area contributed by atoms with E-state index in [0.717, 1.165) is 10.6 Å². The normalized spacial score (nSPS) is 24.1. The highest BCUT2D eigenvalue weighted by molar-refractivity contribution is 5.89. The van der Waals surface area contributed by atoms with Crippen molar-refractivity contribution in [2.24, 2.45) is 23.3 Å². The number of nitrogens with zero attached hydrogens (tertiary/aromatic N) is 5. The molecule has 41 heavy (non-hydrogen) atoms. The van der Waals surface area contributed by atoms with Gasteiger partial charge >= 0.3 is 17.9 Å². The molecular formula is C26H33F3N8O4. The average Bonchev–Trinajstić information content (AvgIpc) is 3.31. The fourth-order valence-corrected chi connectivity index (χ4v) is 5.55. The van der Waals surface area contributed by atoms with E-state index in [0.29, 0.717) is 24.9 Å². The molecule has 1 aliphatic carbocycles. The van der Waals surface area contributed by atoms with Crippen LogP contribution in [0.2, 0.25) is 0 Å². The summed E-state index contributed by atoms with van der Waals surface area (Å²) in [7, 11) is 0. The van der Waals surface area contributed by atoms with Crippen LogP contribution in [0.5, 0.6) is 0 Å². The Hall–Kier alpha value is -3.53. The fourth-order valence-electron chi connectivity index (χ4n) is 5.55. The number of anilines is 1. The Morgan fingerprint density at radius 2 is 1.73 bits per heavy atom. The maximum atomic E-state index is 14.0. The number of amides is 3. The number of nitrogens with two attached hydrogens (primary N) is 2. The number of nitrogens with one attached hydrogen (secondary N) is 1. The summed E-state index contributed by atoms with van der Waals surface area (Å²) in [6.07, 6.45) is -3.37. The Morgan fingerprint density at radius 1 is 1.10 bits per heavy atom. The fraction of sp³-hybridized carbons (Fsp3) is 0.538. The highest BCUT2D eigenvalue weighted by atomic mass is 19.4. The van der Waals surface area contributed by atoms with Crippen LogP contribution in [0, 0.1) is 11.8 Å². The van der Waals surface area contributed by atoms with Crippen molar-refractivity contribution in [2.45, 2.75) is 31.2 Å². The van der Waals surface area contributed by atoms with Crippen molar-refractivity contribution in [2.75, 3.05) is 51.2 Å². The number of aromatic nitrogens is 2. The van der Waals surface area contributed by atoms with Crippen LogP contribution in [0.3, 0.4) is 0 Å². The lowest BCUT2D eigenvalue weighted by molar-refractivity contribution is -0.139. The van der Waals surface area contributed by atoms with E-state index in [2.05, 4.69) is 10.3 Å². The molecule has 0 radical (unpaired) electrons. The van der Waals surface area contributed by atoms with Crippen molar-refractivity contribution in [3.05, 3.63) is 52.1 Å². The zero-order valence-electron chi connectivity index (χ0n) is 22.5. The van der Waals surface area contributed by atoms with E-state index < -0.39 is 41.5 Å². The van der Waals surface area contributed by atoms with E-state index >= 15 is 0 Å². The smallest absolute Gasteiger partial charge is 0.394 e. The van der Waals surface area contributed by atoms with Crippen LogP contribution in [-0.2, 0) is 17.5 Å². The molecule has 2 aromatic rings. The first kappa shape index (κ1) is 29.0. The second-order valence-electron chi connectivity index (χ2n) is 11.2. The lowest BCUT2D eigenvalue weighted by atomic mass is 10.0. The van der Waals surface area contributed by atoms with Crippen LogP contribution in [0.15, 0.2) is 35.3 Å². The highest BCUT2D eigenvalue weighted by Gasteiger charge is 2.53. The SMILES string of the molecule is C[C@](N)(CO)C(=O)N1CCN(C(=O)Nc2ccn(-c3ccc(CN4C[C@@H]5C(N)[C@@H]5C4)c(C(F)(F)F)c3)c(=O)n2)CC1. The zero-order valence-corrected chi connectivity index (χ0v) is 22.5. The Balaban J connectivity index is 1.24. The number of hydrogen-bond acceptors (Lipinski definition) is 8. The molecule has 2 saturated heterocycles. The minimum atomic E-state index is -4.62. The van der Waals surface area contributed by atoms with Gasteiger partial charge in [0.1, 0.15) is 11.4 Å². The zero-order chi connectivity index (χ0) is 29.7. The van der Waals surface area contributed by atoms with E-state index in [1.54, 1.807) is 0 Å².